The molecule has 0 unspecified atom stereocenters. The van der Waals surface area contributed by atoms with Gasteiger partial charge in [0.1, 0.15) is 5.60 Å². The Labute approximate surface area is 119 Å². The summed E-state index contributed by atoms with van der Waals surface area (Å²) >= 11 is 0. The molecule has 4 heteroatoms. The van der Waals surface area contributed by atoms with Crippen LogP contribution >= 0.6 is 0 Å². The van der Waals surface area contributed by atoms with Crippen LogP contribution in [0, 0.1) is 5.92 Å². The van der Waals surface area contributed by atoms with Crippen LogP contribution in [0.4, 0.5) is 0 Å². The average molecular weight is 278 g/mol. The van der Waals surface area contributed by atoms with E-state index in [-0.39, 0.29) is 11.1 Å². The molecule has 4 nitrogen and oxygen atoms in total. The van der Waals surface area contributed by atoms with Gasteiger partial charge in [0, 0.05) is 0 Å². The molecular formula is C16H22O4. The van der Waals surface area contributed by atoms with Gasteiger partial charge in [-0.05, 0) is 44.7 Å². The fourth-order valence-corrected chi connectivity index (χ4v) is 1.84. The van der Waals surface area contributed by atoms with E-state index < -0.39 is 17.5 Å². The molecule has 20 heavy (non-hydrogen) atoms. The summed E-state index contributed by atoms with van der Waals surface area (Å²) in [6.45, 7) is 7.91. The number of rotatable bonds is 6. The molecule has 0 aliphatic heterocycles. The van der Waals surface area contributed by atoms with Crippen LogP contribution in [0.2, 0.25) is 0 Å². The van der Waals surface area contributed by atoms with Crippen molar-refractivity contribution in [3.05, 3.63) is 35.4 Å². The fourth-order valence-electron chi connectivity index (χ4n) is 1.84. The highest BCUT2D eigenvalue weighted by Gasteiger charge is 2.26. The van der Waals surface area contributed by atoms with Gasteiger partial charge >= 0.3 is 11.9 Å². The standard InChI is InChI=1S/C16H22O4/c1-11(2)9-10-16(3,4)20-15(19)13-8-6-5-7-12(13)14(17)18/h5-8,11H,9-10H2,1-4H3,(H,17,18). The van der Waals surface area contributed by atoms with E-state index >= 15 is 0 Å². The second kappa shape index (κ2) is 6.55. The van der Waals surface area contributed by atoms with Crippen LogP contribution < -0.4 is 0 Å². The van der Waals surface area contributed by atoms with Crippen molar-refractivity contribution in [3.63, 3.8) is 0 Å². The van der Waals surface area contributed by atoms with Crippen LogP contribution in [0.1, 0.15) is 61.3 Å². The zero-order valence-electron chi connectivity index (χ0n) is 12.5. The molecule has 0 amide bonds. The zero-order valence-corrected chi connectivity index (χ0v) is 12.5. The van der Waals surface area contributed by atoms with Gasteiger partial charge in [0.05, 0.1) is 11.1 Å². The summed E-state index contributed by atoms with van der Waals surface area (Å²) in [4.78, 5) is 23.2. The second-order valence-corrected chi connectivity index (χ2v) is 5.93. The normalized spacial score (nSPS) is 11.4. The Bertz CT molecular complexity index is 489. The minimum absolute atomic E-state index is 0.0304. The second-order valence-electron chi connectivity index (χ2n) is 5.93. The molecule has 0 atom stereocenters. The van der Waals surface area contributed by atoms with E-state index in [2.05, 4.69) is 13.8 Å². The van der Waals surface area contributed by atoms with Crippen molar-refractivity contribution in [1.29, 1.82) is 0 Å². The summed E-state index contributed by atoms with van der Waals surface area (Å²) in [5.74, 6) is -1.19. The lowest BCUT2D eigenvalue weighted by molar-refractivity contribution is -0.00683. The van der Waals surface area contributed by atoms with Gasteiger partial charge in [-0.1, -0.05) is 26.0 Å². The summed E-state index contributed by atoms with van der Waals surface area (Å²) in [6, 6.07) is 6.10. The number of carboxylic acids is 1. The molecule has 0 aromatic heterocycles. The van der Waals surface area contributed by atoms with Crippen molar-refractivity contribution < 1.29 is 19.4 Å². The minimum atomic E-state index is -1.13. The molecule has 1 aromatic carbocycles. The lowest BCUT2D eigenvalue weighted by Crippen LogP contribution is -2.29. The molecule has 1 N–H and O–H groups in total. The Kier molecular flexibility index (Phi) is 5.31. The van der Waals surface area contributed by atoms with Gasteiger partial charge in [-0.2, -0.15) is 0 Å². The number of carboxylic acid groups (broad SMARTS) is 1. The summed E-state index contributed by atoms with van der Waals surface area (Å²) < 4.78 is 5.46. The smallest absolute Gasteiger partial charge is 0.339 e. The van der Waals surface area contributed by atoms with Crippen LogP contribution in [0.25, 0.3) is 0 Å². The Morgan fingerprint density at radius 3 is 2.25 bits per heavy atom. The maximum Gasteiger partial charge on any atom is 0.339 e. The van der Waals surface area contributed by atoms with Crippen molar-refractivity contribution in [2.24, 2.45) is 5.92 Å². The van der Waals surface area contributed by atoms with Gasteiger partial charge < -0.3 is 9.84 Å². The van der Waals surface area contributed by atoms with Crippen LogP contribution in [0.3, 0.4) is 0 Å². The third kappa shape index (κ3) is 4.68. The molecule has 0 saturated carbocycles. The Hall–Kier alpha value is -1.84. The van der Waals surface area contributed by atoms with E-state index in [1.165, 1.54) is 12.1 Å². The highest BCUT2D eigenvalue weighted by molar-refractivity contribution is 6.02. The predicted octanol–water partition coefficient (Wildman–Crippen LogP) is 3.76. The van der Waals surface area contributed by atoms with Crippen molar-refractivity contribution >= 4 is 11.9 Å². The third-order valence-corrected chi connectivity index (χ3v) is 3.07. The number of carbonyl (C=O) groups is 2. The molecule has 0 radical (unpaired) electrons. The summed E-state index contributed by atoms with van der Waals surface area (Å²) in [5.41, 5.74) is -0.540. The lowest BCUT2D eigenvalue weighted by atomic mass is 9.96. The topological polar surface area (TPSA) is 63.6 Å². The SMILES string of the molecule is CC(C)CCC(C)(C)OC(=O)c1ccccc1C(=O)O. The maximum atomic E-state index is 12.1. The summed E-state index contributed by atoms with van der Waals surface area (Å²) in [5, 5.41) is 9.08. The molecule has 0 saturated heterocycles. The van der Waals surface area contributed by atoms with Gasteiger partial charge in [0.25, 0.3) is 0 Å². The average Bonchev–Trinajstić information content (AvgIpc) is 2.36. The van der Waals surface area contributed by atoms with Crippen molar-refractivity contribution in [1.82, 2.24) is 0 Å². The van der Waals surface area contributed by atoms with E-state index in [0.717, 1.165) is 12.8 Å². The Morgan fingerprint density at radius 1 is 1.20 bits per heavy atom. The largest absolute Gasteiger partial charge is 0.478 e. The van der Waals surface area contributed by atoms with Crippen molar-refractivity contribution in [3.8, 4) is 0 Å². The molecule has 1 rings (SSSR count). The molecule has 0 bridgehead atoms. The van der Waals surface area contributed by atoms with Gasteiger partial charge in [0.15, 0.2) is 0 Å². The lowest BCUT2D eigenvalue weighted by Gasteiger charge is -2.26. The molecule has 0 heterocycles. The van der Waals surface area contributed by atoms with Crippen LogP contribution in [-0.2, 0) is 4.74 Å². The van der Waals surface area contributed by atoms with Crippen LogP contribution in [-0.4, -0.2) is 22.6 Å². The van der Waals surface area contributed by atoms with E-state index in [0.29, 0.717) is 5.92 Å². The highest BCUT2D eigenvalue weighted by atomic mass is 16.6. The molecule has 110 valence electrons. The number of ether oxygens (including phenoxy) is 1. The summed E-state index contributed by atoms with van der Waals surface area (Å²) in [7, 11) is 0. The number of carbonyl (C=O) groups excluding carboxylic acids is 1. The first-order valence-corrected chi connectivity index (χ1v) is 6.78. The monoisotopic (exact) mass is 278 g/mol. The van der Waals surface area contributed by atoms with Crippen LogP contribution in [0.5, 0.6) is 0 Å². The summed E-state index contributed by atoms with van der Waals surface area (Å²) in [6.07, 6.45) is 1.69. The first kappa shape index (κ1) is 16.2. The maximum absolute atomic E-state index is 12.1. The third-order valence-electron chi connectivity index (χ3n) is 3.07. The first-order valence-electron chi connectivity index (χ1n) is 6.78. The number of hydrogen-bond acceptors (Lipinski definition) is 3. The van der Waals surface area contributed by atoms with Crippen LogP contribution in [0.15, 0.2) is 24.3 Å². The van der Waals surface area contributed by atoms with E-state index in [4.69, 9.17) is 9.84 Å². The Balaban J connectivity index is 2.83. The van der Waals surface area contributed by atoms with Gasteiger partial charge in [-0.15, -0.1) is 0 Å². The quantitative estimate of drug-likeness (QED) is 0.805. The molecule has 1 aromatic rings. The van der Waals surface area contributed by atoms with Gasteiger partial charge in [-0.25, -0.2) is 9.59 Å². The first-order chi connectivity index (χ1) is 9.23. The molecule has 0 aliphatic rings. The number of benzene rings is 1. The number of esters is 1. The van der Waals surface area contributed by atoms with Crippen molar-refractivity contribution in [2.45, 2.75) is 46.1 Å². The molecule has 0 fully saturated rings. The van der Waals surface area contributed by atoms with E-state index in [1.54, 1.807) is 12.1 Å². The Morgan fingerprint density at radius 2 is 1.75 bits per heavy atom. The van der Waals surface area contributed by atoms with Crippen molar-refractivity contribution in [2.75, 3.05) is 0 Å². The molecular weight excluding hydrogens is 256 g/mol. The molecule has 0 aliphatic carbocycles. The number of hydrogen-bond donors (Lipinski definition) is 1. The van der Waals surface area contributed by atoms with E-state index in [9.17, 15) is 9.59 Å². The zero-order chi connectivity index (χ0) is 15.3. The number of aromatic carboxylic acids is 1. The minimum Gasteiger partial charge on any atom is -0.478 e. The fraction of sp³-hybridized carbons (Fsp3) is 0.500. The predicted molar refractivity (Wildman–Crippen MR) is 77.0 cm³/mol. The van der Waals surface area contributed by atoms with Gasteiger partial charge in [-0.3, -0.25) is 0 Å². The molecule has 0 spiro atoms. The van der Waals surface area contributed by atoms with Gasteiger partial charge in [0.2, 0.25) is 0 Å². The van der Waals surface area contributed by atoms with E-state index in [1.807, 2.05) is 13.8 Å². The highest BCUT2D eigenvalue weighted by Crippen LogP contribution is 2.22.